The predicted molar refractivity (Wildman–Crippen MR) is 158 cm³/mol. The third-order valence-corrected chi connectivity index (χ3v) is 7.72. The number of fused-ring (bicyclic) bond motifs is 2. The summed E-state index contributed by atoms with van der Waals surface area (Å²) in [5.41, 5.74) is 1.93. The maximum absolute atomic E-state index is 13.1. The van der Waals surface area contributed by atoms with Gasteiger partial charge in [-0.1, -0.05) is 24.3 Å². The van der Waals surface area contributed by atoms with E-state index in [9.17, 15) is 24.0 Å². The maximum Gasteiger partial charge on any atom is 0.268 e. The van der Waals surface area contributed by atoms with Crippen LogP contribution in [-0.2, 0) is 0 Å². The lowest BCUT2D eigenvalue weighted by Gasteiger charge is -2.13. The van der Waals surface area contributed by atoms with Gasteiger partial charge in [0.1, 0.15) is 11.5 Å². The fourth-order valence-corrected chi connectivity index (χ4v) is 5.59. The van der Waals surface area contributed by atoms with Crippen molar-refractivity contribution in [2.75, 3.05) is 15.1 Å². The second-order valence-corrected chi connectivity index (χ2v) is 10.5. The number of carbonyl (C=O) groups is 5. The molecule has 0 saturated heterocycles. The fraction of sp³-hybridized carbons (Fsp3) is 0. The van der Waals surface area contributed by atoms with Gasteiger partial charge in [0.15, 0.2) is 5.13 Å². The molecule has 2 aliphatic heterocycles. The summed E-state index contributed by atoms with van der Waals surface area (Å²) in [5.74, 6) is -1.65. The number of benzene rings is 4. The lowest BCUT2D eigenvalue weighted by Crippen LogP contribution is -2.29. The molecule has 208 valence electrons. The number of carbonyl (C=O) groups excluding carboxylic acids is 5. The van der Waals surface area contributed by atoms with E-state index < -0.39 is 29.5 Å². The number of thiazole rings is 1. The van der Waals surface area contributed by atoms with Crippen LogP contribution in [0.15, 0.2) is 103 Å². The van der Waals surface area contributed by atoms with E-state index in [1.165, 1.54) is 41.8 Å². The first-order valence-electron chi connectivity index (χ1n) is 13.0. The predicted octanol–water partition coefficient (Wildman–Crippen LogP) is 5.79. The van der Waals surface area contributed by atoms with Gasteiger partial charge in [0, 0.05) is 28.9 Å². The smallest absolute Gasteiger partial charge is 0.268 e. The normalized spacial score (nSPS) is 13.8. The Kier molecular flexibility index (Phi) is 6.14. The highest BCUT2D eigenvalue weighted by molar-refractivity contribution is 7.14. The van der Waals surface area contributed by atoms with E-state index in [0.717, 1.165) is 9.80 Å². The summed E-state index contributed by atoms with van der Waals surface area (Å²) >= 11 is 1.17. The molecule has 1 aromatic heterocycles. The molecule has 2 aliphatic rings. The van der Waals surface area contributed by atoms with E-state index in [1.807, 2.05) is 0 Å². The van der Waals surface area contributed by atoms with Gasteiger partial charge in [-0.15, -0.1) is 11.3 Å². The highest BCUT2D eigenvalue weighted by atomic mass is 32.1. The van der Waals surface area contributed by atoms with Crippen LogP contribution >= 0.6 is 11.3 Å². The Labute approximate surface area is 247 Å². The molecule has 10 nitrogen and oxygen atoms in total. The van der Waals surface area contributed by atoms with Crippen LogP contribution in [-0.4, -0.2) is 34.5 Å². The molecule has 1 N–H and O–H groups in total. The van der Waals surface area contributed by atoms with Crippen LogP contribution in [0.4, 0.5) is 16.5 Å². The lowest BCUT2D eigenvalue weighted by atomic mass is 10.1. The Hall–Kier alpha value is -5.94. The van der Waals surface area contributed by atoms with Crippen molar-refractivity contribution in [3.63, 3.8) is 0 Å². The zero-order valence-corrected chi connectivity index (χ0v) is 22.8. The number of nitrogens with one attached hydrogen (secondary N) is 1. The third-order valence-electron chi connectivity index (χ3n) is 6.96. The molecule has 0 spiro atoms. The van der Waals surface area contributed by atoms with Crippen LogP contribution in [0.1, 0.15) is 51.8 Å². The molecule has 5 aromatic rings. The molecule has 5 amide bonds. The minimum atomic E-state index is -0.540. The van der Waals surface area contributed by atoms with Crippen molar-refractivity contribution in [2.45, 2.75) is 0 Å². The molecule has 0 bridgehead atoms. The SMILES string of the molecule is O=C(Nc1cccc(Oc2ccc3c(c2)C(=O)N(c2ccccc2)C3=O)c1)c1ccc2c(c1)C(=O)N(c1nccs1)C2=O. The van der Waals surface area contributed by atoms with Gasteiger partial charge in [0.25, 0.3) is 29.5 Å². The number of hydrogen-bond acceptors (Lipinski definition) is 8. The van der Waals surface area contributed by atoms with Crippen molar-refractivity contribution in [1.82, 2.24) is 4.98 Å². The number of imide groups is 2. The standard InChI is InChI=1S/C32H18N4O6S/c37-27(18-9-11-23-25(15-18)31(41)36(29(23)39)32-33-13-14-43-32)34-19-5-4-8-21(16-19)42-22-10-12-24-26(17-22)30(40)35(28(24)38)20-6-2-1-3-7-20/h1-17H,(H,34,37). The first-order valence-corrected chi connectivity index (χ1v) is 13.9. The van der Waals surface area contributed by atoms with Crippen LogP contribution < -0.4 is 19.9 Å². The second-order valence-electron chi connectivity index (χ2n) is 9.59. The summed E-state index contributed by atoms with van der Waals surface area (Å²) in [6.45, 7) is 0. The summed E-state index contributed by atoms with van der Waals surface area (Å²) in [6, 6.07) is 24.3. The minimum absolute atomic E-state index is 0.125. The summed E-state index contributed by atoms with van der Waals surface area (Å²) < 4.78 is 5.96. The van der Waals surface area contributed by atoms with Gasteiger partial charge < -0.3 is 10.1 Å². The monoisotopic (exact) mass is 586 g/mol. The number of nitrogens with zero attached hydrogens (tertiary/aromatic N) is 3. The number of ether oxygens (including phenoxy) is 1. The van der Waals surface area contributed by atoms with Crippen LogP contribution in [0.5, 0.6) is 11.5 Å². The summed E-state index contributed by atoms with van der Waals surface area (Å²) in [7, 11) is 0. The zero-order valence-electron chi connectivity index (χ0n) is 22.0. The Morgan fingerprint density at radius 3 is 2.12 bits per heavy atom. The van der Waals surface area contributed by atoms with Crippen molar-refractivity contribution in [1.29, 1.82) is 0 Å². The minimum Gasteiger partial charge on any atom is -0.457 e. The molecule has 0 saturated carbocycles. The Morgan fingerprint density at radius 1 is 0.674 bits per heavy atom. The molecule has 43 heavy (non-hydrogen) atoms. The quantitative estimate of drug-likeness (QED) is 0.250. The summed E-state index contributed by atoms with van der Waals surface area (Å²) in [6.07, 6.45) is 1.50. The topological polar surface area (TPSA) is 126 Å². The van der Waals surface area contributed by atoms with Crippen LogP contribution in [0.2, 0.25) is 0 Å². The number of anilines is 3. The lowest BCUT2D eigenvalue weighted by molar-refractivity contribution is 0.0910. The molecule has 0 fully saturated rings. The molecular weight excluding hydrogens is 568 g/mol. The van der Waals surface area contributed by atoms with E-state index in [2.05, 4.69) is 10.3 Å². The Bertz CT molecular complexity index is 1990. The summed E-state index contributed by atoms with van der Waals surface area (Å²) in [5, 5.41) is 4.71. The van der Waals surface area contributed by atoms with Crippen molar-refractivity contribution in [2.24, 2.45) is 0 Å². The largest absolute Gasteiger partial charge is 0.457 e. The molecule has 0 aliphatic carbocycles. The molecule has 11 heteroatoms. The van der Waals surface area contributed by atoms with E-state index in [1.54, 1.807) is 72.1 Å². The number of rotatable bonds is 6. The Balaban J connectivity index is 1.07. The first-order chi connectivity index (χ1) is 20.9. The molecule has 0 radical (unpaired) electrons. The number of aromatic nitrogens is 1. The fourth-order valence-electron chi connectivity index (χ4n) is 4.95. The average Bonchev–Trinajstić information content (AvgIpc) is 3.70. The van der Waals surface area contributed by atoms with Crippen LogP contribution in [0.25, 0.3) is 0 Å². The van der Waals surface area contributed by atoms with Gasteiger partial charge in [-0.05, 0) is 60.7 Å². The second kappa shape index (κ2) is 10.2. The Morgan fingerprint density at radius 2 is 1.35 bits per heavy atom. The van der Waals surface area contributed by atoms with Gasteiger partial charge in [-0.3, -0.25) is 24.0 Å². The van der Waals surface area contributed by atoms with E-state index >= 15 is 0 Å². The van der Waals surface area contributed by atoms with E-state index in [4.69, 9.17) is 4.74 Å². The number of para-hydroxylation sites is 1. The maximum atomic E-state index is 13.1. The van der Waals surface area contributed by atoms with Gasteiger partial charge >= 0.3 is 0 Å². The van der Waals surface area contributed by atoms with Gasteiger partial charge in [0.05, 0.1) is 27.9 Å². The van der Waals surface area contributed by atoms with Gasteiger partial charge in [-0.25, -0.2) is 14.8 Å². The van der Waals surface area contributed by atoms with Crippen LogP contribution in [0.3, 0.4) is 0 Å². The highest BCUT2D eigenvalue weighted by Gasteiger charge is 2.39. The van der Waals surface area contributed by atoms with E-state index in [0.29, 0.717) is 22.9 Å². The molecule has 7 rings (SSSR count). The molecule has 0 unspecified atom stereocenters. The third kappa shape index (κ3) is 4.44. The van der Waals surface area contributed by atoms with Crippen molar-refractivity contribution < 1.29 is 28.7 Å². The summed E-state index contributed by atoms with van der Waals surface area (Å²) in [4.78, 5) is 70.9. The number of hydrogen-bond donors (Lipinski definition) is 1. The molecular formula is C32H18N4O6S. The molecule has 4 aromatic carbocycles. The molecule has 3 heterocycles. The van der Waals surface area contributed by atoms with Crippen molar-refractivity contribution >= 4 is 57.4 Å². The van der Waals surface area contributed by atoms with Gasteiger partial charge in [-0.2, -0.15) is 0 Å². The van der Waals surface area contributed by atoms with Crippen molar-refractivity contribution in [3.05, 3.63) is 130 Å². The van der Waals surface area contributed by atoms with Crippen LogP contribution in [0, 0.1) is 0 Å². The zero-order chi connectivity index (χ0) is 29.7. The average molecular weight is 587 g/mol. The van der Waals surface area contributed by atoms with E-state index in [-0.39, 0.29) is 32.9 Å². The number of amides is 5. The van der Waals surface area contributed by atoms with Gasteiger partial charge in [0.2, 0.25) is 0 Å². The first kappa shape index (κ1) is 26.0. The molecule has 0 atom stereocenters. The highest BCUT2D eigenvalue weighted by Crippen LogP contribution is 2.33. The van der Waals surface area contributed by atoms with Crippen molar-refractivity contribution in [3.8, 4) is 11.5 Å².